The molecule has 0 aromatic heterocycles. The average molecular weight is 245 g/mol. The van der Waals surface area contributed by atoms with E-state index in [0.717, 1.165) is 13.0 Å². The SMILES string of the molecule is CCCC(C)CC(NCC)C(OCC)OCC. The lowest BCUT2D eigenvalue weighted by Crippen LogP contribution is -2.44. The molecule has 0 aliphatic heterocycles. The van der Waals surface area contributed by atoms with Crippen LogP contribution in [-0.2, 0) is 9.47 Å². The summed E-state index contributed by atoms with van der Waals surface area (Å²) in [5.41, 5.74) is 0. The molecule has 0 aliphatic rings. The molecule has 1 N–H and O–H groups in total. The summed E-state index contributed by atoms with van der Waals surface area (Å²) in [6.45, 7) is 13.1. The van der Waals surface area contributed by atoms with Crippen molar-refractivity contribution in [2.24, 2.45) is 5.92 Å². The molecular weight excluding hydrogens is 214 g/mol. The van der Waals surface area contributed by atoms with Gasteiger partial charge < -0.3 is 14.8 Å². The minimum absolute atomic E-state index is 0.107. The fourth-order valence-electron chi connectivity index (χ4n) is 2.21. The Morgan fingerprint density at radius 3 is 2.00 bits per heavy atom. The fourth-order valence-corrected chi connectivity index (χ4v) is 2.21. The van der Waals surface area contributed by atoms with E-state index >= 15 is 0 Å². The highest BCUT2D eigenvalue weighted by molar-refractivity contribution is 4.73. The van der Waals surface area contributed by atoms with E-state index in [4.69, 9.17) is 9.47 Å². The molecule has 0 aromatic rings. The molecule has 0 saturated carbocycles. The molecule has 104 valence electrons. The number of hydrogen-bond donors (Lipinski definition) is 1. The first-order valence-electron chi connectivity index (χ1n) is 7.15. The first kappa shape index (κ1) is 16.9. The van der Waals surface area contributed by atoms with Gasteiger partial charge in [0, 0.05) is 13.2 Å². The van der Waals surface area contributed by atoms with Crippen molar-refractivity contribution in [1.29, 1.82) is 0 Å². The van der Waals surface area contributed by atoms with Crippen molar-refractivity contribution >= 4 is 0 Å². The lowest BCUT2D eigenvalue weighted by Gasteiger charge is -2.29. The lowest BCUT2D eigenvalue weighted by molar-refractivity contribution is -0.156. The Labute approximate surface area is 107 Å². The van der Waals surface area contributed by atoms with Crippen LogP contribution < -0.4 is 5.32 Å². The monoisotopic (exact) mass is 245 g/mol. The normalized spacial score (nSPS) is 15.2. The van der Waals surface area contributed by atoms with E-state index in [1.165, 1.54) is 12.8 Å². The van der Waals surface area contributed by atoms with Crippen molar-refractivity contribution in [1.82, 2.24) is 5.32 Å². The first-order valence-corrected chi connectivity index (χ1v) is 7.15. The molecule has 0 saturated heterocycles. The van der Waals surface area contributed by atoms with Gasteiger partial charge in [0.2, 0.25) is 0 Å². The molecule has 0 rings (SSSR count). The quantitative estimate of drug-likeness (QED) is 0.567. The maximum Gasteiger partial charge on any atom is 0.172 e. The molecular formula is C14H31NO2. The molecule has 0 radical (unpaired) electrons. The van der Waals surface area contributed by atoms with E-state index in [1.807, 2.05) is 13.8 Å². The zero-order chi connectivity index (χ0) is 13.1. The van der Waals surface area contributed by atoms with Gasteiger partial charge in [-0.1, -0.05) is 33.6 Å². The van der Waals surface area contributed by atoms with E-state index < -0.39 is 0 Å². The van der Waals surface area contributed by atoms with Crippen LogP contribution in [0.25, 0.3) is 0 Å². The molecule has 3 nitrogen and oxygen atoms in total. The Morgan fingerprint density at radius 2 is 1.59 bits per heavy atom. The fraction of sp³-hybridized carbons (Fsp3) is 1.00. The van der Waals surface area contributed by atoms with Gasteiger partial charge in [-0.25, -0.2) is 0 Å². The Morgan fingerprint density at radius 1 is 1.00 bits per heavy atom. The highest BCUT2D eigenvalue weighted by atomic mass is 16.7. The van der Waals surface area contributed by atoms with Crippen LogP contribution in [0.2, 0.25) is 0 Å². The van der Waals surface area contributed by atoms with Crippen LogP contribution in [0.1, 0.15) is 53.9 Å². The van der Waals surface area contributed by atoms with Crippen molar-refractivity contribution < 1.29 is 9.47 Å². The third kappa shape index (κ3) is 7.74. The molecule has 0 amide bonds. The largest absolute Gasteiger partial charge is 0.351 e. The summed E-state index contributed by atoms with van der Waals surface area (Å²) in [5, 5.41) is 3.49. The van der Waals surface area contributed by atoms with Gasteiger partial charge >= 0.3 is 0 Å². The van der Waals surface area contributed by atoms with Gasteiger partial charge in [0.15, 0.2) is 6.29 Å². The predicted octanol–water partition coefficient (Wildman–Crippen LogP) is 3.19. The zero-order valence-electron chi connectivity index (χ0n) is 12.3. The molecule has 0 fully saturated rings. The lowest BCUT2D eigenvalue weighted by atomic mass is 9.97. The van der Waals surface area contributed by atoms with Gasteiger partial charge in [-0.3, -0.25) is 0 Å². The number of ether oxygens (including phenoxy) is 2. The van der Waals surface area contributed by atoms with E-state index in [0.29, 0.717) is 25.2 Å². The van der Waals surface area contributed by atoms with Gasteiger partial charge in [-0.15, -0.1) is 0 Å². The minimum Gasteiger partial charge on any atom is -0.351 e. The Balaban J connectivity index is 4.31. The summed E-state index contributed by atoms with van der Waals surface area (Å²) in [7, 11) is 0. The molecule has 0 spiro atoms. The highest BCUT2D eigenvalue weighted by Crippen LogP contribution is 2.17. The number of hydrogen-bond acceptors (Lipinski definition) is 3. The minimum atomic E-state index is -0.107. The first-order chi connectivity index (χ1) is 8.19. The van der Waals surface area contributed by atoms with Gasteiger partial charge in [0.1, 0.15) is 0 Å². The topological polar surface area (TPSA) is 30.5 Å². The standard InChI is InChI=1S/C14H31NO2/c1-6-10-12(5)11-13(15-7-2)14(16-8-3)17-9-4/h12-15H,6-11H2,1-5H3. The summed E-state index contributed by atoms with van der Waals surface area (Å²) in [4.78, 5) is 0. The maximum atomic E-state index is 5.69. The van der Waals surface area contributed by atoms with Crippen LogP contribution >= 0.6 is 0 Å². The molecule has 3 heteroatoms. The van der Waals surface area contributed by atoms with Gasteiger partial charge in [-0.05, 0) is 32.7 Å². The number of nitrogens with one attached hydrogen (secondary N) is 1. The van der Waals surface area contributed by atoms with E-state index in [1.54, 1.807) is 0 Å². The van der Waals surface area contributed by atoms with Crippen LogP contribution in [0.3, 0.4) is 0 Å². The zero-order valence-corrected chi connectivity index (χ0v) is 12.3. The van der Waals surface area contributed by atoms with Crippen LogP contribution in [-0.4, -0.2) is 32.1 Å². The highest BCUT2D eigenvalue weighted by Gasteiger charge is 2.23. The van der Waals surface area contributed by atoms with Crippen molar-refractivity contribution in [3.63, 3.8) is 0 Å². The maximum absolute atomic E-state index is 5.69. The number of rotatable bonds is 11. The molecule has 0 aliphatic carbocycles. The van der Waals surface area contributed by atoms with E-state index in [9.17, 15) is 0 Å². The summed E-state index contributed by atoms with van der Waals surface area (Å²) < 4.78 is 11.4. The Kier molecular flexibility index (Phi) is 10.9. The molecule has 0 aromatic carbocycles. The second-order valence-corrected chi connectivity index (χ2v) is 4.57. The van der Waals surface area contributed by atoms with Crippen molar-refractivity contribution in [2.75, 3.05) is 19.8 Å². The van der Waals surface area contributed by atoms with Gasteiger partial charge in [-0.2, -0.15) is 0 Å². The van der Waals surface area contributed by atoms with Crippen LogP contribution in [0.4, 0.5) is 0 Å². The average Bonchev–Trinajstić information content (AvgIpc) is 2.28. The van der Waals surface area contributed by atoms with Crippen molar-refractivity contribution in [3.8, 4) is 0 Å². The molecule has 0 heterocycles. The smallest absolute Gasteiger partial charge is 0.172 e. The predicted molar refractivity (Wildman–Crippen MR) is 73.2 cm³/mol. The van der Waals surface area contributed by atoms with Gasteiger partial charge in [0.25, 0.3) is 0 Å². The molecule has 2 unspecified atom stereocenters. The summed E-state index contributed by atoms with van der Waals surface area (Å²) in [6, 6.07) is 0.307. The van der Waals surface area contributed by atoms with Crippen LogP contribution in [0, 0.1) is 5.92 Å². The second kappa shape index (κ2) is 11.0. The third-order valence-electron chi connectivity index (χ3n) is 2.89. The van der Waals surface area contributed by atoms with Crippen molar-refractivity contribution in [3.05, 3.63) is 0 Å². The number of likely N-dealkylation sites (N-methyl/N-ethyl adjacent to an activating group) is 1. The third-order valence-corrected chi connectivity index (χ3v) is 2.89. The Bertz CT molecular complexity index is 158. The van der Waals surface area contributed by atoms with Crippen LogP contribution in [0.15, 0.2) is 0 Å². The molecule has 2 atom stereocenters. The van der Waals surface area contributed by atoms with Crippen molar-refractivity contribution in [2.45, 2.75) is 66.2 Å². The van der Waals surface area contributed by atoms with E-state index in [-0.39, 0.29) is 6.29 Å². The summed E-state index contributed by atoms with van der Waals surface area (Å²) in [5.74, 6) is 0.715. The Hall–Kier alpha value is -0.120. The second-order valence-electron chi connectivity index (χ2n) is 4.57. The van der Waals surface area contributed by atoms with Gasteiger partial charge in [0.05, 0.1) is 6.04 Å². The van der Waals surface area contributed by atoms with E-state index in [2.05, 4.69) is 26.1 Å². The summed E-state index contributed by atoms with van der Waals surface area (Å²) >= 11 is 0. The molecule has 0 bridgehead atoms. The summed E-state index contributed by atoms with van der Waals surface area (Å²) in [6.07, 6.45) is 3.52. The van der Waals surface area contributed by atoms with Crippen LogP contribution in [0.5, 0.6) is 0 Å². The molecule has 17 heavy (non-hydrogen) atoms.